The van der Waals surface area contributed by atoms with E-state index in [1.807, 2.05) is 43.3 Å². The van der Waals surface area contributed by atoms with E-state index in [-0.39, 0.29) is 18.4 Å². The summed E-state index contributed by atoms with van der Waals surface area (Å²) in [6, 6.07) is 13.7. The van der Waals surface area contributed by atoms with E-state index in [0.717, 1.165) is 20.4 Å². The van der Waals surface area contributed by atoms with Gasteiger partial charge < -0.3 is 23.6 Å². The summed E-state index contributed by atoms with van der Waals surface area (Å²) in [4.78, 5) is 16.2. The second-order valence-corrected chi connectivity index (χ2v) is 16.0. The number of methoxy groups -OCH3 is 1. The third-order valence-electron chi connectivity index (χ3n) is 7.99. The molecule has 0 radical (unpaired) electrons. The van der Waals surface area contributed by atoms with Crippen LogP contribution in [0.4, 0.5) is 9.80 Å². The molecule has 0 bridgehead atoms. The molecule has 8 nitrogen and oxygen atoms in total. The van der Waals surface area contributed by atoms with Crippen LogP contribution in [-0.4, -0.2) is 54.2 Å². The number of ether oxygens (including phenoxy) is 2. The van der Waals surface area contributed by atoms with Gasteiger partial charge >= 0.3 is 0 Å². The van der Waals surface area contributed by atoms with Gasteiger partial charge in [-0.3, -0.25) is 9.48 Å². The number of aryl methyl sites for hydroxylation is 1. The molecule has 0 aliphatic carbocycles. The molecule has 1 saturated heterocycles. The summed E-state index contributed by atoms with van der Waals surface area (Å²) in [6.45, 7) is 6.23. The Morgan fingerprint density at radius 1 is 1.26 bits per heavy atom. The fourth-order valence-electron chi connectivity index (χ4n) is 6.33. The van der Waals surface area contributed by atoms with Crippen LogP contribution in [0, 0.1) is 9.49 Å². The summed E-state index contributed by atoms with van der Waals surface area (Å²) in [5, 5.41) is 17.4. The number of nitrogens with zero attached hydrogens (tertiary/aromatic N) is 4. The highest BCUT2D eigenvalue weighted by Crippen LogP contribution is 2.60. The van der Waals surface area contributed by atoms with Crippen molar-refractivity contribution in [3.8, 4) is 5.75 Å². The number of hydrogen-bond acceptors (Lipinski definition) is 6. The number of hydrogen-bond donors (Lipinski definition) is 1. The second kappa shape index (κ2) is 10.9. The van der Waals surface area contributed by atoms with E-state index in [1.54, 1.807) is 36.0 Å². The van der Waals surface area contributed by atoms with Gasteiger partial charge in [-0.25, -0.2) is 0 Å². The van der Waals surface area contributed by atoms with Crippen molar-refractivity contribution in [2.75, 3.05) is 18.6 Å². The number of anilines is 1. The van der Waals surface area contributed by atoms with Gasteiger partial charge in [-0.15, -0.1) is 5.10 Å². The molecule has 0 saturated carbocycles. The summed E-state index contributed by atoms with van der Waals surface area (Å²) in [5.74, 6) is 0.0894. The van der Waals surface area contributed by atoms with Gasteiger partial charge in [-0.05, 0) is 78.0 Å². The van der Waals surface area contributed by atoms with Crippen LogP contribution in [0.5, 0.6) is 5.75 Å². The van der Waals surface area contributed by atoms with Crippen molar-refractivity contribution in [1.82, 2.24) is 15.0 Å². The number of amides is 1. The smallest absolute Gasteiger partial charge is 0.264 e. The summed E-state index contributed by atoms with van der Waals surface area (Å²) < 4.78 is 31.2. The molecular formula is C28H34FIN4O4Si. The van der Waals surface area contributed by atoms with Crippen LogP contribution in [0.15, 0.2) is 48.7 Å². The molecule has 1 spiro atoms. The highest BCUT2D eigenvalue weighted by Gasteiger charge is 2.66. The first kappa shape index (κ1) is 28.2. The Bertz CT molecular complexity index is 1370. The Balaban J connectivity index is 1.52. The molecule has 5 rings (SSSR count). The third kappa shape index (κ3) is 5.14. The molecule has 2 aliphatic rings. The Morgan fingerprint density at radius 2 is 2.05 bits per heavy atom. The molecule has 3 aromatic rings. The van der Waals surface area contributed by atoms with Crippen LogP contribution in [-0.2, 0) is 34.6 Å². The summed E-state index contributed by atoms with van der Waals surface area (Å²) in [7, 11) is -1.67. The van der Waals surface area contributed by atoms with E-state index >= 15 is 4.11 Å². The van der Waals surface area contributed by atoms with Gasteiger partial charge in [0.2, 0.25) is 8.41 Å². The minimum atomic E-state index is -3.27. The van der Waals surface area contributed by atoms with E-state index in [0.29, 0.717) is 37.4 Å². The van der Waals surface area contributed by atoms with Gasteiger partial charge in [-0.1, -0.05) is 24.3 Å². The predicted molar refractivity (Wildman–Crippen MR) is 157 cm³/mol. The van der Waals surface area contributed by atoms with Gasteiger partial charge in [0.1, 0.15) is 5.75 Å². The van der Waals surface area contributed by atoms with Crippen molar-refractivity contribution in [3.05, 3.63) is 69.1 Å². The molecule has 39 heavy (non-hydrogen) atoms. The number of carbonyl (C=O) groups excluding carboxylic acids is 1. The van der Waals surface area contributed by atoms with Gasteiger partial charge in [0.05, 0.1) is 31.1 Å². The van der Waals surface area contributed by atoms with Crippen LogP contribution in [0.2, 0.25) is 18.6 Å². The molecule has 1 fully saturated rings. The maximum absolute atomic E-state index is 16.0. The zero-order valence-electron chi connectivity index (χ0n) is 22.6. The molecule has 1 amide bonds. The molecule has 11 heteroatoms. The fourth-order valence-corrected chi connectivity index (χ4v) is 9.48. The highest BCUT2D eigenvalue weighted by atomic mass is 127. The number of benzene rings is 2. The second-order valence-electron chi connectivity index (χ2n) is 10.9. The van der Waals surface area contributed by atoms with Crippen molar-refractivity contribution >= 4 is 42.6 Å². The van der Waals surface area contributed by atoms with Crippen LogP contribution < -0.4 is 9.64 Å². The van der Waals surface area contributed by atoms with E-state index < -0.39 is 25.7 Å². The molecule has 3 heterocycles. The van der Waals surface area contributed by atoms with Crippen molar-refractivity contribution in [2.24, 2.45) is 5.92 Å². The number of halogens is 2. The summed E-state index contributed by atoms with van der Waals surface area (Å²) >= 11 is 2.27. The van der Waals surface area contributed by atoms with Crippen molar-refractivity contribution in [3.63, 3.8) is 0 Å². The Hall–Kier alpha value is -2.35. The van der Waals surface area contributed by atoms with E-state index in [2.05, 4.69) is 39.0 Å². The van der Waals surface area contributed by atoms with Crippen molar-refractivity contribution in [2.45, 2.75) is 63.2 Å². The third-order valence-corrected chi connectivity index (χ3v) is 11.1. The van der Waals surface area contributed by atoms with Gasteiger partial charge in [-0.2, -0.15) is 0 Å². The lowest BCUT2D eigenvalue weighted by atomic mass is 9.82. The lowest BCUT2D eigenvalue weighted by molar-refractivity contribution is -0.146. The van der Waals surface area contributed by atoms with E-state index in [9.17, 15) is 9.90 Å². The minimum Gasteiger partial charge on any atom is -0.497 e. The van der Waals surface area contributed by atoms with Gasteiger partial charge in [0.15, 0.2) is 5.60 Å². The first-order valence-corrected chi connectivity index (χ1v) is 17.2. The van der Waals surface area contributed by atoms with E-state index in [4.69, 9.17) is 9.47 Å². The van der Waals surface area contributed by atoms with Crippen molar-refractivity contribution in [1.29, 1.82) is 0 Å². The molecule has 4 atom stereocenters. The van der Waals surface area contributed by atoms with E-state index in [1.165, 1.54) is 0 Å². The molecule has 2 aromatic carbocycles. The Labute approximate surface area is 242 Å². The number of carbonyl (C=O) groups is 1. The van der Waals surface area contributed by atoms with Gasteiger partial charge in [0.25, 0.3) is 5.91 Å². The average molecular weight is 665 g/mol. The number of aliphatic hydroxyl groups excluding tert-OH is 1. The number of aliphatic hydroxyl groups is 1. The first-order chi connectivity index (χ1) is 18.6. The van der Waals surface area contributed by atoms with Crippen molar-refractivity contribution < 1.29 is 23.5 Å². The molecule has 0 unspecified atom stereocenters. The Kier molecular flexibility index (Phi) is 7.88. The number of rotatable bonds is 9. The molecule has 1 aromatic heterocycles. The largest absolute Gasteiger partial charge is 0.497 e. The fraction of sp³-hybridized carbons (Fsp3) is 0.464. The minimum absolute atomic E-state index is 0.00219. The average Bonchev–Trinajstić information content (AvgIpc) is 3.53. The van der Waals surface area contributed by atoms with Crippen LogP contribution in [0.3, 0.4) is 0 Å². The topological polar surface area (TPSA) is 89.7 Å². The number of fused-ring (bicyclic) bond motifs is 2. The molecule has 208 valence electrons. The monoisotopic (exact) mass is 664 g/mol. The maximum Gasteiger partial charge on any atom is 0.264 e. The standard InChI is InChI=1S/C28H34FIN4O4Si/c1-18-26(39(3,4)29)25(10-12-33-17-21(11-13-35)31-32-33)38-28(18)23-15-22(37-2)8-9-24(23)34(27(28)36)16-19-6-5-7-20(30)14-19/h5-9,14-15,17-18,25-26,35H,10-13,16H2,1-4H3/t18-,25+,26-,28+/m1/s1. The Morgan fingerprint density at radius 3 is 2.74 bits per heavy atom. The molecule has 1 N–H and O–H groups in total. The normalized spacial score (nSPS) is 24.5. The molecule has 2 aliphatic heterocycles. The zero-order valence-corrected chi connectivity index (χ0v) is 25.8. The SMILES string of the molecule is COc1ccc2c(c1)[C@]1(O[C@@H](CCn3cc(CCO)nn3)[C@H]([Si](C)(C)F)[C@H]1C)C(=O)N2Cc1cccc(I)c1. The zero-order chi connectivity index (χ0) is 27.9. The summed E-state index contributed by atoms with van der Waals surface area (Å²) in [5.41, 5.74) is 1.51. The first-order valence-electron chi connectivity index (χ1n) is 13.2. The lowest BCUT2D eigenvalue weighted by Gasteiger charge is -2.31. The number of aromatic nitrogens is 3. The summed E-state index contributed by atoms with van der Waals surface area (Å²) in [6.07, 6.45) is 2.23. The lowest BCUT2D eigenvalue weighted by Crippen LogP contribution is -2.45. The predicted octanol–water partition coefficient (Wildman–Crippen LogP) is 4.84. The van der Waals surface area contributed by atoms with Crippen LogP contribution >= 0.6 is 22.6 Å². The van der Waals surface area contributed by atoms with Crippen LogP contribution in [0.25, 0.3) is 0 Å². The quantitative estimate of drug-likeness (QED) is 0.200. The highest BCUT2D eigenvalue weighted by molar-refractivity contribution is 14.1. The van der Waals surface area contributed by atoms with Gasteiger partial charge in [0, 0.05) is 46.4 Å². The van der Waals surface area contributed by atoms with Crippen LogP contribution in [0.1, 0.15) is 30.2 Å². The maximum atomic E-state index is 16.0. The molecular weight excluding hydrogens is 630 g/mol.